The van der Waals surface area contributed by atoms with Crippen LogP contribution in [0.4, 0.5) is 5.82 Å². The summed E-state index contributed by atoms with van der Waals surface area (Å²) in [6.45, 7) is 49.9. The molecular weight excluding hydrogens is 1250 g/mol. The average Bonchev–Trinajstić information content (AvgIpc) is 1.70. The Balaban J connectivity index is 1.85. The summed E-state index contributed by atoms with van der Waals surface area (Å²) in [5.41, 5.74) is 0.576. The van der Waals surface area contributed by atoms with Crippen molar-refractivity contribution >= 4 is 88.9 Å². The number of amides is 2. The smallest absolute Gasteiger partial charge is 0.342 e. The van der Waals surface area contributed by atoms with Crippen LogP contribution in [-0.2, 0) is 57.2 Å². The van der Waals surface area contributed by atoms with Crippen molar-refractivity contribution in [3.63, 3.8) is 0 Å². The molecule has 0 spiro atoms. The molecule has 536 valence electrons. The lowest BCUT2D eigenvalue weighted by Gasteiger charge is -2.50. The number of aliphatic hydroxyl groups is 1. The van der Waals surface area contributed by atoms with Crippen LogP contribution in [0.1, 0.15) is 245 Å². The Morgan fingerprint density at radius 3 is 1.66 bits per heavy atom. The third-order valence-corrected chi connectivity index (χ3v) is 21.4. The fourth-order valence-corrected chi connectivity index (χ4v) is 14.8. The number of carbonyl (C=O) groups is 8. The topological polar surface area (TPSA) is 275 Å². The van der Waals surface area contributed by atoms with E-state index in [9.17, 15) is 39.0 Å². The number of carboxylic acids is 1. The van der Waals surface area contributed by atoms with Gasteiger partial charge >= 0.3 is 35.8 Å². The number of aliphatic hydroxyl groups excluding tert-OH is 1. The number of carboxylic acid groups (broad SMARTS) is 1. The number of hydrogen-bond acceptors (Lipinski definition) is 17. The van der Waals surface area contributed by atoms with Gasteiger partial charge in [0.25, 0.3) is 0 Å². The molecule has 2 amide bonds. The lowest BCUT2D eigenvalue weighted by atomic mass is 9.59. The van der Waals surface area contributed by atoms with E-state index in [1.807, 2.05) is 48.5 Å². The maximum Gasteiger partial charge on any atom is 0.342 e. The molecule has 3 aliphatic rings. The average molecular weight is 1370 g/mol. The van der Waals surface area contributed by atoms with E-state index in [1.54, 1.807) is 13.0 Å². The number of allylic oxidation sites excluding steroid dienone is 1. The van der Waals surface area contributed by atoms with Crippen molar-refractivity contribution in [3.05, 3.63) is 45.8 Å². The first kappa shape index (κ1) is 82.0. The van der Waals surface area contributed by atoms with Gasteiger partial charge in [0.1, 0.15) is 66.2 Å². The maximum absolute atomic E-state index is 15.6. The zero-order chi connectivity index (χ0) is 72.2. The number of carbonyl (C=O) groups excluding carboxylic acids is 7. The summed E-state index contributed by atoms with van der Waals surface area (Å²) in [5.74, 6) is -4.51. The number of aromatic nitrogens is 1. The van der Waals surface area contributed by atoms with Crippen LogP contribution in [-0.4, -0.2) is 129 Å². The van der Waals surface area contributed by atoms with Crippen LogP contribution in [0.3, 0.4) is 0 Å². The Kier molecular flexibility index (Phi) is 29.7. The number of rotatable bonds is 29. The largest absolute Gasteiger partial charge is 0.480 e. The Morgan fingerprint density at radius 1 is 0.695 bits per heavy atom. The Hall–Kier alpha value is -5.41. The van der Waals surface area contributed by atoms with Crippen molar-refractivity contribution in [3.8, 4) is 0 Å². The molecule has 1 aromatic rings. The summed E-state index contributed by atoms with van der Waals surface area (Å²) in [6, 6.07) is 0. The number of esters is 5. The second kappa shape index (κ2) is 34.4. The lowest BCUT2D eigenvalue weighted by molar-refractivity contribution is -0.164. The van der Waals surface area contributed by atoms with Gasteiger partial charge in [-0.3, -0.25) is 24.0 Å². The predicted molar refractivity (Wildman–Crippen MR) is 379 cm³/mol. The number of aliphatic imine (C=N–C) groups is 1. The third-order valence-electron chi connectivity index (χ3n) is 19.0. The first-order valence-corrected chi connectivity index (χ1v) is 36.4. The molecule has 5 N–H and O–H groups in total. The first-order chi connectivity index (χ1) is 43.7. The van der Waals surface area contributed by atoms with Gasteiger partial charge in [-0.2, -0.15) is 0 Å². The number of nitrogens with one attached hydrogen (secondary N) is 3. The molecule has 95 heavy (non-hydrogen) atoms. The van der Waals surface area contributed by atoms with Gasteiger partial charge in [0.2, 0.25) is 11.8 Å². The minimum atomic E-state index is -1.33. The van der Waals surface area contributed by atoms with Crippen LogP contribution in [0.25, 0.3) is 6.08 Å². The number of aliphatic carboxylic acids is 1. The highest BCUT2D eigenvalue weighted by molar-refractivity contribution is 8.00. The Morgan fingerprint density at radius 2 is 1.20 bits per heavy atom. The third kappa shape index (κ3) is 23.4. The summed E-state index contributed by atoms with van der Waals surface area (Å²) >= 11 is 2.31. The molecule has 2 aliphatic carbocycles. The van der Waals surface area contributed by atoms with Gasteiger partial charge < -0.3 is 49.5 Å². The number of hydrogen-bond donors (Lipinski definition) is 5. The second-order valence-electron chi connectivity index (χ2n) is 32.6. The normalized spacial score (nSPS) is 22.8. The molecule has 2 heterocycles. The van der Waals surface area contributed by atoms with Crippen LogP contribution in [0.5, 0.6) is 0 Å². The van der Waals surface area contributed by atoms with E-state index in [1.165, 1.54) is 18.7 Å². The molecule has 0 radical (unpaired) electrons. The van der Waals surface area contributed by atoms with Crippen molar-refractivity contribution < 1.29 is 72.3 Å². The van der Waals surface area contributed by atoms with Gasteiger partial charge in [-0.05, 0) is 141 Å². The van der Waals surface area contributed by atoms with E-state index in [4.69, 9.17) is 28.7 Å². The standard InChI is InChI=1S/C74H118N4O15S2/c1-25-74(23,24)69(88)89-29-31-94-45(10)64(82)78-63-59(68(87)93-61-49(72(17,18)19)34-44(9)35-50(61)73(20,21)22)57(41(4)5)52(76-63)36-51-56(40(2)3)58(67(86)92-60-47(70(11,12)13)32-43(8)33-48(60)71(14,15)16)62(75-51)77-54(80)28-26-27-30-95-53(65(83)84)37-55(81)90-38-46(79)39-91-66(85)42(6)7/h36,40-41,43-50,53,60-61,75,79H,6,25-35,37-39H2,1-5,7-24H3,(H,77,80)(H,83,84)(H,76,78,82). The van der Waals surface area contributed by atoms with Crippen molar-refractivity contribution in [2.24, 2.45) is 73.5 Å². The maximum atomic E-state index is 15.6. The zero-order valence-corrected chi connectivity index (χ0v) is 63.3. The van der Waals surface area contributed by atoms with Crippen molar-refractivity contribution in [1.29, 1.82) is 0 Å². The van der Waals surface area contributed by atoms with Crippen LogP contribution in [0.15, 0.2) is 34.0 Å². The molecule has 2 fully saturated rings. The molecule has 7 atom stereocenters. The Bertz CT molecular complexity index is 2950. The van der Waals surface area contributed by atoms with Crippen molar-refractivity contribution in [2.45, 2.75) is 252 Å². The second-order valence-corrected chi connectivity index (χ2v) is 35.3. The van der Waals surface area contributed by atoms with E-state index in [2.05, 4.69) is 119 Å². The monoisotopic (exact) mass is 1370 g/mol. The first-order valence-electron chi connectivity index (χ1n) is 34.3. The molecule has 21 heteroatoms. The quantitative estimate of drug-likeness (QED) is 0.0216. The molecule has 7 unspecified atom stereocenters. The van der Waals surface area contributed by atoms with Crippen molar-refractivity contribution in [1.82, 2.24) is 10.3 Å². The number of aromatic amines is 1. The number of anilines is 1. The molecular formula is C74H118N4O15S2. The minimum absolute atomic E-state index is 0.00436. The SMILES string of the molecule is C=C(C)C(=O)OCC(O)COC(=O)CC(SCCCCC(=O)Nc1[nH]c(C=C2N=C(NC(=O)C(C)SCCOC(=O)C(C)(C)CC)C(C(=O)OC3C(C(C)(C)C)CC(C)CC3C(C)(C)C)=C2C(C)C)c(C(C)C)c1C(=O)OC1C(C(C)(C)C)CC(C)CC1C(C)(C)C)C(=O)O. The van der Waals surface area contributed by atoms with E-state index >= 15 is 9.59 Å². The van der Waals surface area contributed by atoms with E-state index in [-0.39, 0.29) is 110 Å². The molecule has 19 nitrogen and oxygen atoms in total. The number of nitrogens with zero attached hydrogens (tertiary/aromatic N) is 1. The van der Waals surface area contributed by atoms with Gasteiger partial charge in [-0.1, -0.05) is 138 Å². The fourth-order valence-electron chi connectivity index (χ4n) is 13.0. The molecule has 0 saturated heterocycles. The van der Waals surface area contributed by atoms with Gasteiger partial charge in [0, 0.05) is 47.1 Å². The minimum Gasteiger partial charge on any atom is -0.480 e. The number of ether oxygens (including phenoxy) is 5. The zero-order valence-electron chi connectivity index (χ0n) is 61.7. The van der Waals surface area contributed by atoms with Crippen LogP contribution in [0, 0.1) is 68.5 Å². The summed E-state index contributed by atoms with van der Waals surface area (Å²) in [5, 5.41) is 24.3. The highest BCUT2D eigenvalue weighted by Gasteiger charge is 2.51. The fraction of sp³-hybridized carbons (Fsp3) is 0.743. The lowest BCUT2D eigenvalue weighted by Crippen LogP contribution is -2.50. The summed E-state index contributed by atoms with van der Waals surface area (Å²) in [4.78, 5) is 118. The van der Waals surface area contributed by atoms with Gasteiger partial charge in [0.15, 0.2) is 0 Å². The van der Waals surface area contributed by atoms with E-state index < -0.39 is 95.5 Å². The van der Waals surface area contributed by atoms with Crippen LogP contribution < -0.4 is 10.6 Å². The molecule has 1 aromatic heterocycles. The molecule has 0 bridgehead atoms. The predicted octanol–water partition coefficient (Wildman–Crippen LogP) is 14.7. The summed E-state index contributed by atoms with van der Waals surface area (Å²) in [6.07, 6.45) is 3.64. The van der Waals surface area contributed by atoms with E-state index in [0.717, 1.165) is 37.4 Å². The van der Waals surface area contributed by atoms with Crippen LogP contribution in [0.2, 0.25) is 0 Å². The van der Waals surface area contributed by atoms with Crippen LogP contribution >= 0.6 is 23.5 Å². The molecule has 2 saturated carbocycles. The number of amidine groups is 1. The van der Waals surface area contributed by atoms with Gasteiger partial charge in [-0.15, -0.1) is 23.5 Å². The summed E-state index contributed by atoms with van der Waals surface area (Å²) in [7, 11) is 0. The molecule has 0 aromatic carbocycles. The number of H-pyrrole nitrogens is 1. The highest BCUT2D eigenvalue weighted by Crippen LogP contribution is 2.52. The molecule has 1 aliphatic heterocycles. The number of thioether (sulfide) groups is 2. The van der Waals surface area contributed by atoms with Crippen molar-refractivity contribution in [2.75, 3.05) is 36.6 Å². The summed E-state index contributed by atoms with van der Waals surface area (Å²) < 4.78 is 29.4. The Labute approximate surface area is 576 Å². The van der Waals surface area contributed by atoms with E-state index in [0.29, 0.717) is 59.4 Å². The van der Waals surface area contributed by atoms with Gasteiger partial charge in [0.05, 0.1) is 22.8 Å². The molecule has 4 rings (SSSR count). The highest BCUT2D eigenvalue weighted by atomic mass is 32.2. The number of unbranched alkanes of at least 4 members (excludes halogenated alkanes) is 1. The van der Waals surface area contributed by atoms with Gasteiger partial charge in [-0.25, -0.2) is 19.4 Å².